The van der Waals surface area contributed by atoms with E-state index in [4.69, 9.17) is 0 Å². The van der Waals surface area contributed by atoms with E-state index in [0.717, 1.165) is 22.9 Å². The third kappa shape index (κ3) is 3.37. The van der Waals surface area contributed by atoms with Crippen LogP contribution in [0.15, 0.2) is 22.7 Å². The molecule has 0 radical (unpaired) electrons. The van der Waals surface area contributed by atoms with Crippen molar-refractivity contribution in [2.75, 3.05) is 0 Å². The summed E-state index contributed by atoms with van der Waals surface area (Å²) in [5, 5.41) is 2.10. The third-order valence-corrected chi connectivity index (χ3v) is 4.45. The molecule has 1 saturated heterocycles. The molecule has 0 bridgehead atoms. The highest BCUT2D eigenvalue weighted by molar-refractivity contribution is 9.10. The maximum Gasteiger partial charge on any atom is 0.266 e. The number of carbonyl (C=O) groups is 1. The first-order valence-electron chi connectivity index (χ1n) is 6.84. The SMILES string of the molecule is Cc1ccc(C(=O)NN2C(C)CCCC2C)c(Br)c1. The van der Waals surface area contributed by atoms with Crippen molar-refractivity contribution in [1.29, 1.82) is 0 Å². The summed E-state index contributed by atoms with van der Waals surface area (Å²) in [7, 11) is 0. The van der Waals surface area contributed by atoms with Gasteiger partial charge in [0.15, 0.2) is 0 Å². The van der Waals surface area contributed by atoms with Crippen LogP contribution in [0.3, 0.4) is 0 Å². The molecule has 0 aliphatic carbocycles. The van der Waals surface area contributed by atoms with Crippen LogP contribution in [0.25, 0.3) is 0 Å². The first-order valence-corrected chi connectivity index (χ1v) is 7.64. The molecule has 3 nitrogen and oxygen atoms in total. The number of halogens is 1. The highest BCUT2D eigenvalue weighted by atomic mass is 79.9. The van der Waals surface area contributed by atoms with Gasteiger partial charge in [0.2, 0.25) is 0 Å². The number of carbonyl (C=O) groups excluding carboxylic acids is 1. The number of rotatable bonds is 2. The molecule has 1 aromatic rings. The van der Waals surface area contributed by atoms with Crippen LogP contribution in [-0.4, -0.2) is 23.0 Å². The summed E-state index contributed by atoms with van der Waals surface area (Å²) in [5.41, 5.74) is 4.89. The smallest absolute Gasteiger partial charge is 0.266 e. The molecule has 0 saturated carbocycles. The van der Waals surface area contributed by atoms with Gasteiger partial charge in [-0.2, -0.15) is 0 Å². The number of piperidine rings is 1. The van der Waals surface area contributed by atoms with Gasteiger partial charge in [-0.05, 0) is 67.2 Å². The van der Waals surface area contributed by atoms with Crippen molar-refractivity contribution in [3.8, 4) is 0 Å². The fourth-order valence-corrected chi connectivity index (χ4v) is 3.30. The number of benzene rings is 1. The molecular formula is C15H21BrN2O. The second kappa shape index (κ2) is 6.06. The quantitative estimate of drug-likeness (QED) is 0.900. The van der Waals surface area contributed by atoms with E-state index in [-0.39, 0.29) is 5.91 Å². The zero-order chi connectivity index (χ0) is 14.0. The lowest BCUT2D eigenvalue weighted by atomic mass is 10.00. The molecule has 1 heterocycles. The summed E-state index contributed by atoms with van der Waals surface area (Å²) in [5.74, 6) is -0.0347. The van der Waals surface area contributed by atoms with Crippen LogP contribution in [-0.2, 0) is 0 Å². The predicted molar refractivity (Wildman–Crippen MR) is 81.0 cm³/mol. The Bertz CT molecular complexity index is 465. The summed E-state index contributed by atoms with van der Waals surface area (Å²) in [6.45, 7) is 6.35. The zero-order valence-corrected chi connectivity index (χ0v) is 13.3. The Morgan fingerprint density at radius 1 is 1.32 bits per heavy atom. The topological polar surface area (TPSA) is 32.3 Å². The summed E-state index contributed by atoms with van der Waals surface area (Å²) in [6, 6.07) is 6.60. The third-order valence-electron chi connectivity index (χ3n) is 3.79. The Labute approximate surface area is 123 Å². The number of hydrogen-bond donors (Lipinski definition) is 1. The van der Waals surface area contributed by atoms with Crippen LogP contribution >= 0.6 is 15.9 Å². The van der Waals surface area contributed by atoms with E-state index >= 15 is 0 Å². The van der Waals surface area contributed by atoms with Crippen molar-refractivity contribution in [2.45, 2.75) is 52.1 Å². The van der Waals surface area contributed by atoms with E-state index in [9.17, 15) is 4.79 Å². The van der Waals surface area contributed by atoms with Crippen LogP contribution < -0.4 is 5.43 Å². The number of nitrogens with one attached hydrogen (secondary N) is 1. The van der Waals surface area contributed by atoms with E-state index in [1.165, 1.54) is 6.42 Å². The normalized spacial score (nSPS) is 24.2. The van der Waals surface area contributed by atoms with E-state index in [1.807, 2.05) is 25.1 Å². The fraction of sp³-hybridized carbons (Fsp3) is 0.533. The van der Waals surface area contributed by atoms with Crippen molar-refractivity contribution in [2.24, 2.45) is 0 Å². The molecule has 1 fully saturated rings. The van der Waals surface area contributed by atoms with Gasteiger partial charge in [-0.3, -0.25) is 10.2 Å². The minimum atomic E-state index is -0.0347. The second-order valence-corrected chi connectivity index (χ2v) is 6.31. The maximum absolute atomic E-state index is 12.4. The Hall–Kier alpha value is -0.870. The van der Waals surface area contributed by atoms with Crippen LogP contribution in [0.2, 0.25) is 0 Å². The summed E-state index contributed by atoms with van der Waals surface area (Å²) in [4.78, 5) is 12.4. The van der Waals surface area contributed by atoms with Gasteiger partial charge in [0.1, 0.15) is 0 Å². The number of aryl methyl sites for hydroxylation is 1. The summed E-state index contributed by atoms with van der Waals surface area (Å²) < 4.78 is 0.849. The van der Waals surface area contributed by atoms with Crippen molar-refractivity contribution in [3.63, 3.8) is 0 Å². The molecule has 1 aromatic carbocycles. The van der Waals surface area contributed by atoms with Gasteiger partial charge < -0.3 is 0 Å². The van der Waals surface area contributed by atoms with Crippen molar-refractivity contribution in [1.82, 2.24) is 10.4 Å². The molecule has 1 aliphatic heterocycles. The number of hydrogen-bond acceptors (Lipinski definition) is 2. The standard InChI is InChI=1S/C15H21BrN2O/c1-10-7-8-13(14(16)9-10)15(19)17-18-11(2)5-4-6-12(18)3/h7-9,11-12H,4-6H2,1-3H3,(H,17,19). The molecule has 0 spiro atoms. The molecule has 4 heteroatoms. The van der Waals surface area contributed by atoms with E-state index in [1.54, 1.807) is 0 Å². The van der Waals surface area contributed by atoms with E-state index < -0.39 is 0 Å². The minimum absolute atomic E-state index is 0.0347. The molecule has 104 valence electrons. The summed E-state index contributed by atoms with van der Waals surface area (Å²) >= 11 is 3.46. The van der Waals surface area contributed by atoms with Crippen LogP contribution in [0, 0.1) is 6.92 Å². The van der Waals surface area contributed by atoms with Crippen molar-refractivity contribution >= 4 is 21.8 Å². The summed E-state index contributed by atoms with van der Waals surface area (Å²) in [6.07, 6.45) is 3.52. The maximum atomic E-state index is 12.4. The molecule has 1 amide bonds. The lowest BCUT2D eigenvalue weighted by Crippen LogP contribution is -2.54. The molecule has 0 aromatic heterocycles. The average Bonchev–Trinajstić information content (AvgIpc) is 2.33. The number of nitrogens with zero attached hydrogens (tertiary/aromatic N) is 1. The molecule has 19 heavy (non-hydrogen) atoms. The van der Waals surface area contributed by atoms with Crippen LogP contribution in [0.1, 0.15) is 49.0 Å². The van der Waals surface area contributed by atoms with Gasteiger partial charge >= 0.3 is 0 Å². The van der Waals surface area contributed by atoms with E-state index in [2.05, 4.69) is 40.2 Å². The largest absolute Gasteiger partial charge is 0.284 e. The molecular weight excluding hydrogens is 304 g/mol. The lowest BCUT2D eigenvalue weighted by Gasteiger charge is -2.38. The van der Waals surface area contributed by atoms with Gasteiger partial charge in [-0.25, -0.2) is 5.01 Å². The van der Waals surface area contributed by atoms with Crippen molar-refractivity contribution in [3.05, 3.63) is 33.8 Å². The van der Waals surface area contributed by atoms with Gasteiger partial charge in [0.05, 0.1) is 5.56 Å². The van der Waals surface area contributed by atoms with Crippen LogP contribution in [0.5, 0.6) is 0 Å². The number of hydrazine groups is 1. The molecule has 1 aliphatic rings. The Morgan fingerprint density at radius 2 is 1.95 bits per heavy atom. The first-order chi connectivity index (χ1) is 8.99. The van der Waals surface area contributed by atoms with Gasteiger partial charge in [0.25, 0.3) is 5.91 Å². The van der Waals surface area contributed by atoms with Gasteiger partial charge in [-0.1, -0.05) is 12.5 Å². The van der Waals surface area contributed by atoms with E-state index in [0.29, 0.717) is 17.6 Å². The lowest BCUT2D eigenvalue weighted by molar-refractivity contribution is 0.0369. The molecule has 2 unspecified atom stereocenters. The monoisotopic (exact) mass is 324 g/mol. The zero-order valence-electron chi connectivity index (χ0n) is 11.7. The highest BCUT2D eigenvalue weighted by Crippen LogP contribution is 2.22. The van der Waals surface area contributed by atoms with Crippen molar-refractivity contribution < 1.29 is 4.79 Å². The van der Waals surface area contributed by atoms with Crippen LogP contribution in [0.4, 0.5) is 0 Å². The molecule has 2 rings (SSSR count). The second-order valence-electron chi connectivity index (χ2n) is 5.46. The Morgan fingerprint density at radius 3 is 2.53 bits per heavy atom. The predicted octanol–water partition coefficient (Wildman–Crippen LogP) is 3.67. The number of amides is 1. The molecule has 2 atom stereocenters. The Kier molecular flexibility index (Phi) is 4.63. The van der Waals surface area contributed by atoms with Gasteiger partial charge in [0, 0.05) is 16.6 Å². The minimum Gasteiger partial charge on any atom is -0.284 e. The molecule has 1 N–H and O–H groups in total. The van der Waals surface area contributed by atoms with Gasteiger partial charge in [-0.15, -0.1) is 0 Å². The average molecular weight is 325 g/mol. The fourth-order valence-electron chi connectivity index (χ4n) is 2.62. The first kappa shape index (κ1) is 14.5. The Balaban J connectivity index is 2.11. The highest BCUT2D eigenvalue weighted by Gasteiger charge is 2.26.